The number of benzene rings is 1. The van der Waals surface area contributed by atoms with Crippen LogP contribution < -0.4 is 5.73 Å². The Kier molecular flexibility index (Phi) is 3.62. The SMILES string of the molecule is CON1CCC2C=CC=CC2=C1c1ccccc1C(N)=O. The second kappa shape index (κ2) is 5.58. The van der Waals surface area contributed by atoms with E-state index >= 15 is 0 Å². The number of rotatable bonds is 3. The summed E-state index contributed by atoms with van der Waals surface area (Å²) in [5.74, 6) is -0.0652. The summed E-state index contributed by atoms with van der Waals surface area (Å²) in [5.41, 5.74) is 8.97. The minimum Gasteiger partial charge on any atom is -0.366 e. The molecule has 4 nitrogen and oxygen atoms in total. The van der Waals surface area contributed by atoms with Crippen molar-refractivity contribution in [3.05, 3.63) is 65.3 Å². The number of carbonyl (C=O) groups is 1. The lowest BCUT2D eigenvalue weighted by Crippen LogP contribution is -2.32. The maximum atomic E-state index is 11.7. The van der Waals surface area contributed by atoms with Crippen LogP contribution in [0.3, 0.4) is 0 Å². The Balaban J connectivity index is 2.21. The van der Waals surface area contributed by atoms with Crippen LogP contribution in [-0.2, 0) is 4.84 Å². The van der Waals surface area contributed by atoms with Crippen molar-refractivity contribution in [2.75, 3.05) is 13.7 Å². The third-order valence-corrected chi connectivity index (χ3v) is 3.96. The van der Waals surface area contributed by atoms with Crippen LogP contribution in [0.4, 0.5) is 0 Å². The third-order valence-electron chi connectivity index (χ3n) is 3.96. The molecule has 0 saturated heterocycles. The van der Waals surface area contributed by atoms with Crippen molar-refractivity contribution >= 4 is 11.6 Å². The standard InChI is InChI=1S/C17H18N2O2/c1-21-19-11-10-12-6-2-3-7-13(12)16(19)14-8-4-5-9-15(14)17(18)20/h2-9,12H,10-11H2,1H3,(H2,18,20). The number of fused-ring (bicyclic) bond motifs is 1. The fraction of sp³-hybridized carbons (Fsp3) is 0.235. The highest BCUT2D eigenvalue weighted by molar-refractivity contribution is 5.98. The monoisotopic (exact) mass is 282 g/mol. The molecule has 1 unspecified atom stereocenters. The van der Waals surface area contributed by atoms with Gasteiger partial charge >= 0.3 is 0 Å². The lowest BCUT2D eigenvalue weighted by Gasteiger charge is -2.35. The van der Waals surface area contributed by atoms with E-state index in [1.54, 1.807) is 13.2 Å². The molecule has 0 fully saturated rings. The van der Waals surface area contributed by atoms with E-state index in [1.807, 2.05) is 29.3 Å². The van der Waals surface area contributed by atoms with Gasteiger partial charge in [0.25, 0.3) is 0 Å². The van der Waals surface area contributed by atoms with Crippen molar-refractivity contribution in [3.8, 4) is 0 Å². The number of nitrogens with two attached hydrogens (primary N) is 1. The predicted octanol–water partition coefficient (Wildman–Crippen LogP) is 2.51. The van der Waals surface area contributed by atoms with Crippen molar-refractivity contribution in [2.45, 2.75) is 6.42 Å². The first kappa shape index (κ1) is 13.6. The first-order valence-corrected chi connectivity index (χ1v) is 7.02. The van der Waals surface area contributed by atoms with Crippen LogP contribution >= 0.6 is 0 Å². The van der Waals surface area contributed by atoms with Gasteiger partial charge in [0, 0.05) is 23.6 Å². The number of carbonyl (C=O) groups excluding carboxylic acids is 1. The molecule has 0 bridgehead atoms. The van der Waals surface area contributed by atoms with E-state index in [0.29, 0.717) is 11.5 Å². The summed E-state index contributed by atoms with van der Waals surface area (Å²) in [4.78, 5) is 17.2. The number of primary amides is 1. The third kappa shape index (κ3) is 2.38. The molecule has 1 aromatic carbocycles. The summed E-state index contributed by atoms with van der Waals surface area (Å²) in [6.45, 7) is 0.783. The van der Waals surface area contributed by atoms with Gasteiger partial charge in [-0.15, -0.1) is 0 Å². The maximum absolute atomic E-state index is 11.7. The first-order valence-electron chi connectivity index (χ1n) is 7.02. The number of hydroxylamine groups is 2. The molecule has 0 spiro atoms. The summed E-state index contributed by atoms with van der Waals surface area (Å²) in [6, 6.07) is 7.41. The maximum Gasteiger partial charge on any atom is 0.249 e. The first-order chi connectivity index (χ1) is 10.2. The van der Waals surface area contributed by atoms with Crippen molar-refractivity contribution in [2.24, 2.45) is 11.7 Å². The average Bonchev–Trinajstić information content (AvgIpc) is 2.53. The minimum atomic E-state index is -0.424. The van der Waals surface area contributed by atoms with Crippen LogP contribution in [0.2, 0.25) is 0 Å². The lowest BCUT2D eigenvalue weighted by atomic mass is 9.84. The van der Waals surface area contributed by atoms with Crippen LogP contribution in [0.25, 0.3) is 5.70 Å². The molecular weight excluding hydrogens is 264 g/mol. The van der Waals surface area contributed by atoms with Gasteiger partial charge in [-0.25, -0.2) is 0 Å². The molecular formula is C17H18N2O2. The van der Waals surface area contributed by atoms with E-state index in [-0.39, 0.29) is 0 Å². The highest BCUT2D eigenvalue weighted by Gasteiger charge is 2.29. The summed E-state index contributed by atoms with van der Waals surface area (Å²) < 4.78 is 0. The van der Waals surface area contributed by atoms with Gasteiger partial charge in [0.1, 0.15) is 0 Å². The van der Waals surface area contributed by atoms with E-state index in [2.05, 4.69) is 18.2 Å². The zero-order valence-corrected chi connectivity index (χ0v) is 12.0. The Hall–Kier alpha value is -2.33. The number of amides is 1. The Bertz CT molecular complexity index is 659. The topological polar surface area (TPSA) is 55.6 Å². The molecule has 1 aliphatic heterocycles. The number of hydrogen-bond acceptors (Lipinski definition) is 3. The van der Waals surface area contributed by atoms with Gasteiger partial charge < -0.3 is 5.73 Å². The van der Waals surface area contributed by atoms with E-state index in [9.17, 15) is 4.79 Å². The molecule has 108 valence electrons. The summed E-state index contributed by atoms with van der Waals surface area (Å²) in [6.07, 6.45) is 9.34. The Labute approximate surface area is 124 Å². The molecule has 0 radical (unpaired) electrons. The smallest absolute Gasteiger partial charge is 0.249 e. The Morgan fingerprint density at radius 1 is 1.33 bits per heavy atom. The van der Waals surface area contributed by atoms with Gasteiger partial charge in [-0.05, 0) is 18.1 Å². The van der Waals surface area contributed by atoms with Crippen LogP contribution in [-0.4, -0.2) is 24.6 Å². The van der Waals surface area contributed by atoms with Gasteiger partial charge in [0.15, 0.2) is 0 Å². The number of nitrogens with zero attached hydrogens (tertiary/aromatic N) is 1. The normalized spacial score (nSPS) is 20.6. The summed E-state index contributed by atoms with van der Waals surface area (Å²) in [7, 11) is 1.65. The Morgan fingerprint density at radius 2 is 2.14 bits per heavy atom. The van der Waals surface area contributed by atoms with E-state index < -0.39 is 5.91 Å². The molecule has 1 aliphatic carbocycles. The zero-order valence-electron chi connectivity index (χ0n) is 12.0. The average molecular weight is 282 g/mol. The molecule has 0 aromatic heterocycles. The van der Waals surface area contributed by atoms with E-state index in [0.717, 1.165) is 24.2 Å². The van der Waals surface area contributed by atoms with Crippen LogP contribution in [0.15, 0.2) is 54.1 Å². The zero-order chi connectivity index (χ0) is 14.8. The lowest BCUT2D eigenvalue weighted by molar-refractivity contribution is -0.0818. The van der Waals surface area contributed by atoms with Gasteiger partial charge in [0.05, 0.1) is 12.8 Å². The largest absolute Gasteiger partial charge is 0.366 e. The fourth-order valence-corrected chi connectivity index (χ4v) is 2.98. The molecule has 0 saturated carbocycles. The summed E-state index contributed by atoms with van der Waals surface area (Å²) >= 11 is 0. The van der Waals surface area contributed by atoms with Crippen molar-refractivity contribution in [1.29, 1.82) is 0 Å². The van der Waals surface area contributed by atoms with Crippen molar-refractivity contribution in [1.82, 2.24) is 5.06 Å². The molecule has 1 heterocycles. The molecule has 3 rings (SSSR count). The number of hydrogen-bond donors (Lipinski definition) is 1. The van der Waals surface area contributed by atoms with Gasteiger partial charge in [-0.2, -0.15) is 0 Å². The van der Waals surface area contributed by atoms with Gasteiger partial charge in [0.2, 0.25) is 5.91 Å². The van der Waals surface area contributed by atoms with Crippen LogP contribution in [0, 0.1) is 5.92 Å². The molecule has 1 atom stereocenters. The second-order valence-electron chi connectivity index (χ2n) is 5.14. The molecule has 4 heteroatoms. The predicted molar refractivity (Wildman–Crippen MR) is 82.0 cm³/mol. The van der Waals surface area contributed by atoms with Gasteiger partial charge in [-0.3, -0.25) is 14.7 Å². The van der Waals surface area contributed by atoms with Crippen LogP contribution in [0.1, 0.15) is 22.3 Å². The summed E-state index contributed by atoms with van der Waals surface area (Å²) in [5, 5.41) is 1.84. The van der Waals surface area contributed by atoms with Gasteiger partial charge in [-0.1, -0.05) is 42.5 Å². The molecule has 2 aliphatic rings. The highest BCUT2D eigenvalue weighted by Crippen LogP contribution is 2.38. The molecule has 1 amide bonds. The van der Waals surface area contributed by atoms with Crippen LogP contribution in [0.5, 0.6) is 0 Å². The molecule has 21 heavy (non-hydrogen) atoms. The second-order valence-corrected chi connectivity index (χ2v) is 5.14. The van der Waals surface area contributed by atoms with Crippen molar-refractivity contribution < 1.29 is 9.63 Å². The van der Waals surface area contributed by atoms with E-state index in [1.165, 1.54) is 5.57 Å². The Morgan fingerprint density at radius 3 is 2.90 bits per heavy atom. The highest BCUT2D eigenvalue weighted by atomic mass is 16.7. The number of allylic oxidation sites excluding steroid dienone is 5. The molecule has 1 aromatic rings. The molecule has 2 N–H and O–H groups in total. The van der Waals surface area contributed by atoms with E-state index in [4.69, 9.17) is 10.6 Å². The van der Waals surface area contributed by atoms with Crippen molar-refractivity contribution in [3.63, 3.8) is 0 Å². The fourth-order valence-electron chi connectivity index (χ4n) is 2.98. The minimum absolute atomic E-state index is 0.359. The quantitative estimate of drug-likeness (QED) is 0.926.